The Morgan fingerprint density at radius 2 is 1.93 bits per heavy atom. The number of carbonyl (C=O) groups is 1. The summed E-state index contributed by atoms with van der Waals surface area (Å²) < 4.78 is 37.3. The number of nitrogens with zero attached hydrogens (tertiary/aromatic N) is 2. The van der Waals surface area contributed by atoms with Gasteiger partial charge in [0, 0.05) is 12.6 Å². The quantitative estimate of drug-likeness (QED) is 0.537. The van der Waals surface area contributed by atoms with Crippen LogP contribution in [0, 0.1) is 25.5 Å². The van der Waals surface area contributed by atoms with Crippen LogP contribution in [0.5, 0.6) is 11.6 Å². The minimum Gasteiger partial charge on any atom is -0.464 e. The number of halogens is 3. The van der Waals surface area contributed by atoms with Crippen molar-refractivity contribution in [3.63, 3.8) is 0 Å². The third-order valence-corrected chi connectivity index (χ3v) is 4.61. The highest BCUT2D eigenvalue weighted by Gasteiger charge is 2.19. The van der Waals surface area contributed by atoms with E-state index in [1.54, 1.807) is 0 Å². The molecule has 0 spiro atoms. The smallest absolute Gasteiger partial charge is 0.360 e. The summed E-state index contributed by atoms with van der Waals surface area (Å²) in [6.07, 6.45) is 1.12. The summed E-state index contributed by atoms with van der Waals surface area (Å²) in [7, 11) is 1.22. The van der Waals surface area contributed by atoms with Crippen LogP contribution in [0.15, 0.2) is 36.5 Å². The van der Waals surface area contributed by atoms with Gasteiger partial charge in [0.25, 0.3) is 0 Å². The molecule has 156 valence electrons. The van der Waals surface area contributed by atoms with E-state index in [1.165, 1.54) is 7.11 Å². The second-order valence-corrected chi connectivity index (χ2v) is 6.88. The van der Waals surface area contributed by atoms with E-state index in [9.17, 15) is 13.6 Å². The maximum Gasteiger partial charge on any atom is 0.360 e. The van der Waals surface area contributed by atoms with Crippen molar-refractivity contribution < 1.29 is 23.0 Å². The Kier molecular flexibility index (Phi) is 6.47. The number of rotatable bonds is 6. The Morgan fingerprint density at radius 3 is 2.60 bits per heavy atom. The van der Waals surface area contributed by atoms with E-state index in [0.717, 1.165) is 29.0 Å². The van der Waals surface area contributed by atoms with Crippen molar-refractivity contribution in [2.45, 2.75) is 20.4 Å². The Hall–Kier alpha value is -3.26. The number of carbonyl (C=O) groups excluding carboxylic acids is 1. The average Bonchev–Trinajstić information content (AvgIpc) is 2.71. The molecule has 1 heterocycles. The van der Waals surface area contributed by atoms with Crippen LogP contribution in [-0.4, -0.2) is 23.0 Å². The SMILES string of the molecule is COC(=O)c1ncc(Oc2c(F)cc(F)cc2Cl)nc1NCc1ccc(C)c(C)c1. The first-order chi connectivity index (χ1) is 14.3. The van der Waals surface area contributed by atoms with Crippen molar-refractivity contribution in [3.8, 4) is 11.6 Å². The monoisotopic (exact) mass is 433 g/mol. The summed E-state index contributed by atoms with van der Waals surface area (Å²) in [6, 6.07) is 7.47. The van der Waals surface area contributed by atoms with E-state index in [0.29, 0.717) is 12.6 Å². The van der Waals surface area contributed by atoms with Crippen molar-refractivity contribution in [1.29, 1.82) is 0 Å². The number of ether oxygens (including phenoxy) is 2. The van der Waals surface area contributed by atoms with Gasteiger partial charge in [-0.15, -0.1) is 0 Å². The van der Waals surface area contributed by atoms with Crippen LogP contribution in [-0.2, 0) is 11.3 Å². The molecule has 0 aliphatic carbocycles. The van der Waals surface area contributed by atoms with Gasteiger partial charge in [0.1, 0.15) is 5.82 Å². The zero-order valence-electron chi connectivity index (χ0n) is 16.4. The van der Waals surface area contributed by atoms with Crippen LogP contribution in [0.2, 0.25) is 5.02 Å². The van der Waals surface area contributed by atoms with Crippen LogP contribution < -0.4 is 10.1 Å². The normalized spacial score (nSPS) is 10.6. The number of benzene rings is 2. The van der Waals surface area contributed by atoms with Crippen molar-refractivity contribution in [1.82, 2.24) is 9.97 Å². The third kappa shape index (κ3) is 4.83. The van der Waals surface area contributed by atoms with Gasteiger partial charge in [-0.25, -0.2) is 18.6 Å². The molecule has 0 saturated heterocycles. The lowest BCUT2D eigenvalue weighted by atomic mass is 10.1. The number of hydrogen-bond acceptors (Lipinski definition) is 6. The molecule has 3 rings (SSSR count). The molecule has 0 aliphatic rings. The van der Waals surface area contributed by atoms with E-state index in [2.05, 4.69) is 15.3 Å². The van der Waals surface area contributed by atoms with Crippen molar-refractivity contribution in [2.75, 3.05) is 12.4 Å². The molecule has 2 aromatic carbocycles. The fourth-order valence-corrected chi connectivity index (χ4v) is 2.85. The van der Waals surface area contributed by atoms with Crippen LogP contribution >= 0.6 is 11.6 Å². The maximum atomic E-state index is 14.0. The van der Waals surface area contributed by atoms with Crippen molar-refractivity contribution in [3.05, 3.63) is 75.6 Å². The maximum absolute atomic E-state index is 14.0. The molecule has 9 heteroatoms. The summed E-state index contributed by atoms with van der Waals surface area (Å²) in [5.41, 5.74) is 3.16. The number of aryl methyl sites for hydroxylation is 2. The third-order valence-electron chi connectivity index (χ3n) is 4.33. The highest BCUT2D eigenvalue weighted by molar-refractivity contribution is 6.32. The molecular formula is C21H18ClF2N3O3. The van der Waals surface area contributed by atoms with Gasteiger partial charge in [-0.3, -0.25) is 0 Å². The molecule has 1 N–H and O–H groups in total. The molecule has 1 aromatic heterocycles. The summed E-state index contributed by atoms with van der Waals surface area (Å²) in [5.74, 6) is -3.01. The summed E-state index contributed by atoms with van der Waals surface area (Å²) >= 11 is 5.85. The van der Waals surface area contributed by atoms with Gasteiger partial charge in [-0.05, 0) is 36.6 Å². The van der Waals surface area contributed by atoms with Gasteiger partial charge < -0.3 is 14.8 Å². The molecular weight excluding hydrogens is 416 g/mol. The predicted molar refractivity (Wildman–Crippen MR) is 108 cm³/mol. The first kappa shape index (κ1) is 21.4. The van der Waals surface area contributed by atoms with E-state index < -0.39 is 23.4 Å². The van der Waals surface area contributed by atoms with Crippen LogP contribution in [0.1, 0.15) is 27.2 Å². The zero-order valence-corrected chi connectivity index (χ0v) is 17.2. The van der Waals surface area contributed by atoms with Crippen molar-refractivity contribution in [2.24, 2.45) is 0 Å². The van der Waals surface area contributed by atoms with Gasteiger partial charge in [0.2, 0.25) is 5.88 Å². The average molecular weight is 434 g/mol. The lowest BCUT2D eigenvalue weighted by Crippen LogP contribution is -2.13. The topological polar surface area (TPSA) is 73.3 Å². The number of aromatic nitrogens is 2. The molecule has 0 radical (unpaired) electrons. The molecule has 0 aliphatic heterocycles. The van der Waals surface area contributed by atoms with Gasteiger partial charge in [0.05, 0.1) is 18.3 Å². The lowest BCUT2D eigenvalue weighted by Gasteiger charge is -2.13. The van der Waals surface area contributed by atoms with E-state index >= 15 is 0 Å². The number of nitrogens with one attached hydrogen (secondary N) is 1. The Morgan fingerprint density at radius 1 is 1.17 bits per heavy atom. The molecule has 0 atom stereocenters. The highest BCUT2D eigenvalue weighted by atomic mass is 35.5. The minimum atomic E-state index is -0.997. The van der Waals surface area contributed by atoms with E-state index in [4.69, 9.17) is 21.1 Å². The Bertz CT molecular complexity index is 1090. The number of hydrogen-bond donors (Lipinski definition) is 1. The van der Waals surface area contributed by atoms with Crippen LogP contribution in [0.4, 0.5) is 14.6 Å². The molecule has 3 aromatic rings. The molecule has 6 nitrogen and oxygen atoms in total. The molecule has 0 fully saturated rings. The highest BCUT2D eigenvalue weighted by Crippen LogP contribution is 2.32. The molecule has 0 bridgehead atoms. The largest absolute Gasteiger partial charge is 0.464 e. The van der Waals surface area contributed by atoms with E-state index in [1.807, 2.05) is 32.0 Å². The number of esters is 1. The molecule has 0 saturated carbocycles. The first-order valence-electron chi connectivity index (χ1n) is 8.86. The number of methoxy groups -OCH3 is 1. The summed E-state index contributed by atoms with van der Waals surface area (Å²) in [5, 5.41) is 2.75. The van der Waals surface area contributed by atoms with Gasteiger partial charge in [-0.1, -0.05) is 29.8 Å². The number of anilines is 1. The van der Waals surface area contributed by atoms with Crippen LogP contribution in [0.3, 0.4) is 0 Å². The van der Waals surface area contributed by atoms with Gasteiger partial charge in [0.15, 0.2) is 23.1 Å². The molecule has 30 heavy (non-hydrogen) atoms. The van der Waals surface area contributed by atoms with E-state index in [-0.39, 0.29) is 22.4 Å². The fourth-order valence-electron chi connectivity index (χ4n) is 2.62. The second kappa shape index (κ2) is 9.04. The standard InChI is InChI=1S/C21H18ClF2N3O3/c1-11-4-5-13(6-12(11)2)9-26-20-18(21(28)29-3)25-10-17(27-20)30-19-15(22)7-14(23)8-16(19)24/h4-8,10H,9H2,1-3H3,(H,26,27). The summed E-state index contributed by atoms with van der Waals surface area (Å²) in [4.78, 5) is 20.2. The first-order valence-corrected chi connectivity index (χ1v) is 9.24. The predicted octanol–water partition coefficient (Wildman–Crippen LogP) is 5.22. The van der Waals surface area contributed by atoms with Gasteiger partial charge >= 0.3 is 5.97 Å². The van der Waals surface area contributed by atoms with Crippen molar-refractivity contribution >= 4 is 23.4 Å². The zero-order chi connectivity index (χ0) is 21.8. The Balaban J connectivity index is 1.90. The minimum absolute atomic E-state index is 0.0700. The second-order valence-electron chi connectivity index (χ2n) is 6.47. The lowest BCUT2D eigenvalue weighted by molar-refractivity contribution is 0.0594. The van der Waals surface area contributed by atoms with Gasteiger partial charge in [-0.2, -0.15) is 4.98 Å². The molecule has 0 unspecified atom stereocenters. The fraction of sp³-hybridized carbons (Fsp3) is 0.190. The van der Waals surface area contributed by atoms with Crippen LogP contribution in [0.25, 0.3) is 0 Å². The summed E-state index contributed by atoms with van der Waals surface area (Å²) in [6.45, 7) is 4.34. The Labute approximate surface area is 176 Å². The molecule has 0 amide bonds.